The van der Waals surface area contributed by atoms with Crippen molar-refractivity contribution in [3.05, 3.63) is 29.1 Å². The predicted molar refractivity (Wildman–Crippen MR) is 99.7 cm³/mol. The first kappa shape index (κ1) is 17.8. The maximum absolute atomic E-state index is 14.0. The fraction of sp³-hybridized carbons (Fsp3) is 0.526. The number of rotatable bonds is 3. The van der Waals surface area contributed by atoms with Crippen molar-refractivity contribution in [2.75, 3.05) is 11.9 Å². The molecule has 1 aromatic rings. The van der Waals surface area contributed by atoms with Gasteiger partial charge in [-0.2, -0.15) is 5.10 Å². The summed E-state index contributed by atoms with van der Waals surface area (Å²) in [5.74, 6) is 0.478. The zero-order valence-electron chi connectivity index (χ0n) is 15.3. The first-order valence-electron chi connectivity index (χ1n) is 9.46. The van der Waals surface area contributed by atoms with Crippen LogP contribution in [0.4, 0.5) is 10.1 Å². The minimum atomic E-state index is -0.444. The van der Waals surface area contributed by atoms with Crippen LogP contribution in [0.25, 0.3) is 0 Å². The number of amides is 2. The summed E-state index contributed by atoms with van der Waals surface area (Å²) >= 11 is 0. The van der Waals surface area contributed by atoms with E-state index in [0.717, 1.165) is 42.8 Å². The fourth-order valence-corrected chi connectivity index (χ4v) is 4.21. The van der Waals surface area contributed by atoms with Crippen molar-refractivity contribution >= 4 is 23.3 Å². The number of fused-ring (bicyclic) bond motifs is 1. The van der Waals surface area contributed by atoms with Gasteiger partial charge >= 0.3 is 0 Å². The standard InChI is InChI=1S/C19H24FN5O2/c1-10-5-6-14(20)13-8-15(23-17(10)13)19(27)22-12-4-2-3-11(7-12)18-21-9-16(26)24-25-18/h5-6,11-12,15,23H,2-4,7-9H2,1H3,(H,21,25)(H,22,27)(H,24,26)/t11-,12+,15?/m1/s1. The summed E-state index contributed by atoms with van der Waals surface area (Å²) in [6.45, 7) is 2.15. The molecule has 3 atom stereocenters. The summed E-state index contributed by atoms with van der Waals surface area (Å²) in [6, 6.07) is 2.79. The molecule has 1 aliphatic carbocycles. The molecule has 3 aliphatic rings. The Morgan fingerprint density at radius 1 is 1.33 bits per heavy atom. The molecule has 0 spiro atoms. The second-order valence-corrected chi connectivity index (χ2v) is 7.57. The van der Waals surface area contributed by atoms with Gasteiger partial charge in [-0.3, -0.25) is 9.59 Å². The number of nitrogens with zero attached hydrogens (tertiary/aromatic N) is 1. The quantitative estimate of drug-likeness (QED) is 0.640. The van der Waals surface area contributed by atoms with Gasteiger partial charge in [0.05, 0.1) is 6.54 Å². The van der Waals surface area contributed by atoms with E-state index in [9.17, 15) is 14.0 Å². The topological polar surface area (TPSA) is 94.6 Å². The van der Waals surface area contributed by atoms with Gasteiger partial charge in [0.2, 0.25) is 5.91 Å². The second kappa shape index (κ2) is 7.17. The van der Waals surface area contributed by atoms with Crippen molar-refractivity contribution < 1.29 is 14.0 Å². The van der Waals surface area contributed by atoms with E-state index in [1.165, 1.54) is 6.07 Å². The zero-order chi connectivity index (χ0) is 19.0. The number of carbonyl (C=O) groups is 2. The van der Waals surface area contributed by atoms with Crippen molar-refractivity contribution in [1.82, 2.24) is 16.1 Å². The van der Waals surface area contributed by atoms with Gasteiger partial charge in [0, 0.05) is 29.6 Å². The molecule has 2 amide bonds. The number of hydrogen-bond acceptors (Lipinski definition) is 5. The van der Waals surface area contributed by atoms with E-state index in [-0.39, 0.29) is 36.1 Å². The number of hydrogen-bond donors (Lipinski definition) is 4. The smallest absolute Gasteiger partial charge is 0.259 e. The number of amidine groups is 1. The molecular formula is C19H24FN5O2. The fourth-order valence-electron chi connectivity index (χ4n) is 4.21. The third-order valence-corrected chi connectivity index (χ3v) is 5.65. The van der Waals surface area contributed by atoms with Crippen molar-refractivity contribution in [2.45, 2.75) is 51.1 Å². The third kappa shape index (κ3) is 3.61. The minimum Gasteiger partial charge on any atom is -0.373 e. The summed E-state index contributed by atoms with van der Waals surface area (Å²) in [5, 5.41) is 13.5. The molecule has 7 nitrogen and oxygen atoms in total. The maximum Gasteiger partial charge on any atom is 0.259 e. The molecule has 0 saturated heterocycles. The lowest BCUT2D eigenvalue weighted by Crippen LogP contribution is -2.49. The highest BCUT2D eigenvalue weighted by Crippen LogP contribution is 2.32. The summed E-state index contributed by atoms with van der Waals surface area (Å²) in [6.07, 6.45) is 4.02. The van der Waals surface area contributed by atoms with Crippen LogP contribution < -0.4 is 21.4 Å². The molecule has 1 unspecified atom stereocenters. The van der Waals surface area contributed by atoms with Crippen LogP contribution in [-0.2, 0) is 16.0 Å². The Bertz CT molecular complexity index is 779. The van der Waals surface area contributed by atoms with Gasteiger partial charge in [-0.1, -0.05) is 12.5 Å². The molecular weight excluding hydrogens is 349 g/mol. The van der Waals surface area contributed by atoms with Crippen molar-refractivity contribution in [1.29, 1.82) is 0 Å². The highest BCUT2D eigenvalue weighted by atomic mass is 19.1. The maximum atomic E-state index is 14.0. The van der Waals surface area contributed by atoms with Crippen LogP contribution in [0.15, 0.2) is 17.2 Å². The van der Waals surface area contributed by atoms with E-state index in [1.54, 1.807) is 6.07 Å². The normalized spacial score (nSPS) is 27.0. The number of nitrogens with one attached hydrogen (secondary N) is 4. The molecule has 2 aliphatic heterocycles. The van der Waals surface area contributed by atoms with E-state index in [0.29, 0.717) is 12.0 Å². The number of hydrazone groups is 1. The lowest BCUT2D eigenvalue weighted by Gasteiger charge is -2.32. The van der Waals surface area contributed by atoms with E-state index in [4.69, 9.17) is 0 Å². The summed E-state index contributed by atoms with van der Waals surface area (Å²) in [7, 11) is 0. The monoisotopic (exact) mass is 373 g/mol. The summed E-state index contributed by atoms with van der Waals surface area (Å²) in [5.41, 5.74) is 4.79. The first-order chi connectivity index (χ1) is 13.0. The number of carbonyl (C=O) groups excluding carboxylic acids is 2. The second-order valence-electron chi connectivity index (χ2n) is 7.57. The number of benzene rings is 1. The number of anilines is 1. The highest BCUT2D eigenvalue weighted by Gasteiger charge is 2.33. The Kier molecular flexibility index (Phi) is 4.72. The van der Waals surface area contributed by atoms with E-state index in [2.05, 4.69) is 26.5 Å². The average Bonchev–Trinajstić information content (AvgIpc) is 3.13. The third-order valence-electron chi connectivity index (χ3n) is 5.65. The molecule has 4 N–H and O–H groups in total. The van der Waals surface area contributed by atoms with Crippen molar-refractivity contribution in [2.24, 2.45) is 11.0 Å². The van der Waals surface area contributed by atoms with E-state index >= 15 is 0 Å². The van der Waals surface area contributed by atoms with Gasteiger partial charge in [-0.25, -0.2) is 9.82 Å². The Morgan fingerprint density at radius 2 is 2.19 bits per heavy atom. The highest BCUT2D eigenvalue weighted by molar-refractivity contribution is 5.93. The molecule has 4 rings (SSSR count). The van der Waals surface area contributed by atoms with Crippen LogP contribution in [0, 0.1) is 18.7 Å². The lowest BCUT2D eigenvalue weighted by atomic mass is 9.84. The largest absolute Gasteiger partial charge is 0.373 e. The van der Waals surface area contributed by atoms with E-state index in [1.807, 2.05) is 6.92 Å². The van der Waals surface area contributed by atoms with Crippen molar-refractivity contribution in [3.8, 4) is 0 Å². The average molecular weight is 373 g/mol. The molecule has 1 saturated carbocycles. The number of aryl methyl sites for hydroxylation is 1. The van der Waals surface area contributed by atoms with Crippen LogP contribution >= 0.6 is 0 Å². The van der Waals surface area contributed by atoms with Crippen LogP contribution in [-0.4, -0.2) is 36.3 Å². The Hall–Kier alpha value is -2.64. The van der Waals surface area contributed by atoms with Gasteiger partial charge in [0.1, 0.15) is 17.7 Å². The molecule has 27 heavy (non-hydrogen) atoms. The molecule has 0 aromatic heterocycles. The molecule has 144 valence electrons. The predicted octanol–water partition coefficient (Wildman–Crippen LogP) is 1.18. The van der Waals surface area contributed by atoms with Gasteiger partial charge in [-0.05, 0) is 37.8 Å². The van der Waals surface area contributed by atoms with Gasteiger partial charge < -0.3 is 16.0 Å². The van der Waals surface area contributed by atoms with Crippen molar-refractivity contribution in [3.63, 3.8) is 0 Å². The molecule has 8 heteroatoms. The molecule has 1 fully saturated rings. The molecule has 0 bridgehead atoms. The molecule has 2 heterocycles. The Balaban J connectivity index is 1.37. The zero-order valence-corrected chi connectivity index (χ0v) is 15.3. The Morgan fingerprint density at radius 3 is 2.93 bits per heavy atom. The molecule has 1 aromatic carbocycles. The van der Waals surface area contributed by atoms with Crippen LogP contribution in [0.3, 0.4) is 0 Å². The van der Waals surface area contributed by atoms with Crippen LogP contribution in [0.5, 0.6) is 0 Å². The van der Waals surface area contributed by atoms with Crippen LogP contribution in [0.2, 0.25) is 0 Å². The van der Waals surface area contributed by atoms with Gasteiger partial charge in [0.25, 0.3) is 5.91 Å². The summed E-state index contributed by atoms with van der Waals surface area (Å²) in [4.78, 5) is 23.9. The minimum absolute atomic E-state index is 0.0508. The Labute approximate surface area is 157 Å². The SMILES string of the molecule is Cc1ccc(F)c2c1NC(C(=O)N[C@H]1CCC[C@@H](C3=NNC(=O)CN3)C1)C2. The number of halogens is 1. The van der Waals surface area contributed by atoms with Gasteiger partial charge in [0.15, 0.2) is 0 Å². The van der Waals surface area contributed by atoms with E-state index < -0.39 is 6.04 Å². The lowest BCUT2D eigenvalue weighted by molar-refractivity contribution is -0.122. The first-order valence-corrected chi connectivity index (χ1v) is 9.46. The summed E-state index contributed by atoms with van der Waals surface area (Å²) < 4.78 is 14.0. The van der Waals surface area contributed by atoms with Crippen LogP contribution in [0.1, 0.15) is 36.8 Å². The molecule has 0 radical (unpaired) electrons. The van der Waals surface area contributed by atoms with Gasteiger partial charge in [-0.15, -0.1) is 0 Å².